The molecule has 2 heterocycles. The minimum Gasteiger partial charge on any atom is -0.478 e. The highest BCUT2D eigenvalue weighted by Gasteiger charge is 2.48. The summed E-state index contributed by atoms with van der Waals surface area (Å²) in [5, 5.41) is 24.2. The largest absolute Gasteiger partial charge is 0.478 e. The third-order valence-electron chi connectivity index (χ3n) is 4.92. The Bertz CT molecular complexity index is 982. The quantitative estimate of drug-likeness (QED) is 0.421. The van der Waals surface area contributed by atoms with Gasteiger partial charge in [-0.1, -0.05) is 26.0 Å². The van der Waals surface area contributed by atoms with Crippen LogP contribution in [0.4, 0.5) is 5.69 Å². The van der Waals surface area contributed by atoms with Crippen LogP contribution in [-0.2, 0) is 18.4 Å². The zero-order chi connectivity index (χ0) is 21.6. The summed E-state index contributed by atoms with van der Waals surface area (Å²) in [6.07, 6.45) is 0. The highest BCUT2D eigenvalue weighted by molar-refractivity contribution is 7.58. The number of nitro benzene ring substituents is 1. The lowest BCUT2D eigenvalue weighted by atomic mass is 9.86. The molecule has 1 aromatic rings. The van der Waals surface area contributed by atoms with E-state index in [1.807, 2.05) is 13.8 Å². The number of aliphatic carboxylic acids is 1. The van der Waals surface area contributed by atoms with E-state index in [-0.39, 0.29) is 35.2 Å². The molecule has 2 aliphatic rings. The third kappa shape index (κ3) is 3.99. The fourth-order valence-corrected chi connectivity index (χ4v) is 5.96. The van der Waals surface area contributed by atoms with Crippen molar-refractivity contribution in [1.29, 1.82) is 0 Å². The number of dihydropyridines is 1. The van der Waals surface area contributed by atoms with E-state index in [1.54, 1.807) is 19.9 Å². The Morgan fingerprint density at radius 2 is 1.90 bits per heavy atom. The van der Waals surface area contributed by atoms with Crippen molar-refractivity contribution >= 4 is 19.3 Å². The molecule has 3 rings (SSSR count). The number of nitrogens with zero attached hydrogens (tertiary/aromatic N) is 1. The van der Waals surface area contributed by atoms with Gasteiger partial charge < -0.3 is 19.5 Å². The Labute approximate surface area is 168 Å². The fourth-order valence-electron chi connectivity index (χ4n) is 3.51. The smallest absolute Gasteiger partial charge is 0.360 e. The average molecular weight is 422 g/mol. The number of carboxylic acid groups (broad SMARTS) is 1. The van der Waals surface area contributed by atoms with Crippen LogP contribution in [0.5, 0.6) is 0 Å². The molecule has 0 aromatic heterocycles. The second kappa shape index (κ2) is 7.40. The van der Waals surface area contributed by atoms with Gasteiger partial charge in [0.05, 0.1) is 34.9 Å². The predicted octanol–water partition coefficient (Wildman–Crippen LogP) is 4.14. The molecule has 0 saturated carbocycles. The minimum atomic E-state index is -3.84. The van der Waals surface area contributed by atoms with Gasteiger partial charge in [0.1, 0.15) is 0 Å². The number of benzene rings is 1. The normalized spacial score (nSPS) is 23.5. The van der Waals surface area contributed by atoms with E-state index >= 15 is 0 Å². The van der Waals surface area contributed by atoms with Gasteiger partial charge in [-0.25, -0.2) is 4.79 Å². The van der Waals surface area contributed by atoms with Crippen molar-refractivity contribution < 1.29 is 28.4 Å². The summed E-state index contributed by atoms with van der Waals surface area (Å²) < 4.78 is 25.0. The van der Waals surface area contributed by atoms with Crippen molar-refractivity contribution in [2.75, 3.05) is 13.2 Å². The number of carbonyl (C=O) groups is 1. The Kier molecular flexibility index (Phi) is 5.42. The molecule has 29 heavy (non-hydrogen) atoms. The monoisotopic (exact) mass is 422 g/mol. The number of carboxylic acids is 1. The molecule has 0 spiro atoms. The Morgan fingerprint density at radius 1 is 1.28 bits per heavy atom. The maximum atomic E-state index is 13.7. The third-order valence-corrected chi connectivity index (χ3v) is 7.04. The molecule has 156 valence electrons. The lowest BCUT2D eigenvalue weighted by Gasteiger charge is -2.39. The molecule has 9 nitrogen and oxygen atoms in total. The molecule has 1 unspecified atom stereocenters. The van der Waals surface area contributed by atoms with Crippen LogP contribution >= 0.6 is 7.60 Å². The van der Waals surface area contributed by atoms with E-state index in [4.69, 9.17) is 9.05 Å². The van der Waals surface area contributed by atoms with Gasteiger partial charge in [-0.3, -0.25) is 14.7 Å². The van der Waals surface area contributed by atoms with E-state index in [9.17, 15) is 24.6 Å². The van der Waals surface area contributed by atoms with Crippen LogP contribution in [0.1, 0.15) is 39.2 Å². The van der Waals surface area contributed by atoms with Crippen LogP contribution in [0, 0.1) is 15.5 Å². The maximum absolute atomic E-state index is 13.7. The summed E-state index contributed by atoms with van der Waals surface area (Å²) in [5.74, 6) is -2.24. The van der Waals surface area contributed by atoms with Gasteiger partial charge in [-0.2, -0.15) is 0 Å². The lowest BCUT2D eigenvalue weighted by Crippen LogP contribution is -2.33. The molecule has 0 radical (unpaired) electrons. The van der Waals surface area contributed by atoms with Crippen LogP contribution in [0.2, 0.25) is 0 Å². The SMILES string of the molecule is CC1=C(C(=O)O)C(c2cccc([N+](=O)[O-])c2)C(P2(=O)OCC(C)(C)CO2)=C(C)N1. The topological polar surface area (TPSA) is 128 Å². The molecular formula is C19H23N2O7P. The number of allylic oxidation sites excluding steroid dienone is 3. The van der Waals surface area contributed by atoms with Crippen molar-refractivity contribution in [3.63, 3.8) is 0 Å². The van der Waals surface area contributed by atoms with E-state index in [1.165, 1.54) is 18.2 Å². The molecule has 0 aliphatic carbocycles. The second-order valence-corrected chi connectivity index (χ2v) is 9.97. The number of non-ortho nitro benzene ring substituents is 1. The summed E-state index contributed by atoms with van der Waals surface area (Å²) in [5.41, 5.74) is 0.557. The van der Waals surface area contributed by atoms with Gasteiger partial charge in [0.2, 0.25) is 0 Å². The van der Waals surface area contributed by atoms with E-state index in [2.05, 4.69) is 5.32 Å². The van der Waals surface area contributed by atoms with Gasteiger partial charge in [0.15, 0.2) is 0 Å². The van der Waals surface area contributed by atoms with Crippen LogP contribution < -0.4 is 5.32 Å². The van der Waals surface area contributed by atoms with Gasteiger partial charge in [0.25, 0.3) is 5.69 Å². The number of nitro groups is 1. The molecule has 1 aromatic carbocycles. The summed E-state index contributed by atoms with van der Waals surface area (Å²) in [7, 11) is -3.84. The Balaban J connectivity index is 2.19. The highest BCUT2D eigenvalue weighted by atomic mass is 31.2. The van der Waals surface area contributed by atoms with Crippen LogP contribution in [-0.4, -0.2) is 29.2 Å². The average Bonchev–Trinajstić information content (AvgIpc) is 2.63. The highest BCUT2D eigenvalue weighted by Crippen LogP contribution is 2.66. The van der Waals surface area contributed by atoms with Gasteiger partial charge in [-0.05, 0) is 19.4 Å². The van der Waals surface area contributed by atoms with Crippen molar-refractivity contribution in [3.8, 4) is 0 Å². The number of hydrogen-bond donors (Lipinski definition) is 2. The zero-order valence-electron chi connectivity index (χ0n) is 16.6. The number of rotatable bonds is 4. The number of hydrogen-bond acceptors (Lipinski definition) is 7. The molecule has 0 amide bonds. The predicted molar refractivity (Wildman–Crippen MR) is 105 cm³/mol. The fraction of sp³-hybridized carbons (Fsp3) is 0.421. The van der Waals surface area contributed by atoms with Gasteiger partial charge >= 0.3 is 13.6 Å². The first-order valence-electron chi connectivity index (χ1n) is 9.01. The van der Waals surface area contributed by atoms with E-state index in [0.29, 0.717) is 17.0 Å². The molecule has 1 atom stereocenters. The van der Waals surface area contributed by atoms with Crippen LogP contribution in [0.15, 0.2) is 46.5 Å². The first-order chi connectivity index (χ1) is 13.4. The second-order valence-electron chi connectivity index (χ2n) is 7.97. The van der Waals surface area contributed by atoms with Crippen molar-refractivity contribution in [2.45, 2.75) is 33.6 Å². The first kappa shape index (κ1) is 21.2. The first-order valence-corrected chi connectivity index (χ1v) is 10.6. The van der Waals surface area contributed by atoms with Gasteiger partial charge in [-0.15, -0.1) is 0 Å². The van der Waals surface area contributed by atoms with E-state index in [0.717, 1.165) is 0 Å². The van der Waals surface area contributed by atoms with Crippen LogP contribution in [0.25, 0.3) is 0 Å². The molecule has 2 N–H and O–H groups in total. The standard InChI is InChI=1S/C19H23N2O7P/c1-11-15(18(22)23)16(13-6-5-7-14(8-13)21(24)25)17(12(2)20-11)29(26)27-9-19(3,4)10-28-29/h5-8,16,20H,9-10H2,1-4H3,(H,22,23). The zero-order valence-corrected chi connectivity index (χ0v) is 17.5. The summed E-state index contributed by atoms with van der Waals surface area (Å²) in [6.45, 7) is 7.41. The minimum absolute atomic E-state index is 0.0571. The maximum Gasteiger partial charge on any atom is 0.360 e. The lowest BCUT2D eigenvalue weighted by molar-refractivity contribution is -0.384. The van der Waals surface area contributed by atoms with E-state index < -0.39 is 24.4 Å². The molecule has 10 heteroatoms. The molecule has 2 aliphatic heterocycles. The van der Waals surface area contributed by atoms with Crippen molar-refractivity contribution in [3.05, 3.63) is 62.2 Å². The summed E-state index contributed by atoms with van der Waals surface area (Å²) in [4.78, 5) is 22.8. The van der Waals surface area contributed by atoms with Gasteiger partial charge in [0, 0.05) is 28.9 Å². The molecular weight excluding hydrogens is 399 g/mol. The Morgan fingerprint density at radius 3 is 2.45 bits per heavy atom. The van der Waals surface area contributed by atoms with Crippen molar-refractivity contribution in [1.82, 2.24) is 5.32 Å². The number of nitrogens with one attached hydrogen (secondary N) is 1. The van der Waals surface area contributed by atoms with Crippen LogP contribution in [0.3, 0.4) is 0 Å². The molecule has 1 saturated heterocycles. The molecule has 1 fully saturated rings. The summed E-state index contributed by atoms with van der Waals surface area (Å²) in [6, 6.07) is 5.65. The summed E-state index contributed by atoms with van der Waals surface area (Å²) >= 11 is 0. The van der Waals surface area contributed by atoms with Crippen molar-refractivity contribution in [2.24, 2.45) is 5.41 Å². The Hall–Kier alpha value is -2.48. The molecule has 0 bridgehead atoms.